The topological polar surface area (TPSA) is 34.0 Å². The van der Waals surface area contributed by atoms with Gasteiger partial charge in [-0.3, -0.25) is 4.79 Å². The number of benzene rings is 1. The third-order valence-electron chi connectivity index (χ3n) is 3.57. The molecule has 3 nitrogen and oxygen atoms in total. The molecule has 1 N–H and O–H groups in total. The number of hydrogen-bond donors (Lipinski definition) is 1. The maximum atomic E-state index is 12.2. The maximum absolute atomic E-state index is 12.2. The van der Waals surface area contributed by atoms with Crippen LogP contribution < -0.4 is 5.32 Å². The minimum absolute atomic E-state index is 0.0403. The molecule has 0 saturated carbocycles. The Labute approximate surface area is 124 Å². The summed E-state index contributed by atoms with van der Waals surface area (Å²) in [4.78, 5) is 12.2. The Kier molecular flexibility index (Phi) is 5.07. The summed E-state index contributed by atoms with van der Waals surface area (Å²) in [6.45, 7) is 4.79. The Morgan fingerprint density at radius 1 is 1.35 bits per heavy atom. The van der Waals surface area contributed by atoms with E-state index < -0.39 is 0 Å². The van der Waals surface area contributed by atoms with E-state index in [0.29, 0.717) is 5.02 Å². The minimum atomic E-state index is -0.256. The highest BCUT2D eigenvalue weighted by molar-refractivity contribution is 6.35. The molecular weight excluding hydrogens is 272 g/mol. The van der Waals surface area contributed by atoms with Gasteiger partial charge >= 0.3 is 0 Å². The van der Waals surface area contributed by atoms with Gasteiger partial charge < -0.3 is 9.88 Å². The summed E-state index contributed by atoms with van der Waals surface area (Å²) in [6.07, 6.45) is 5.26. The van der Waals surface area contributed by atoms with Gasteiger partial charge in [-0.1, -0.05) is 43.5 Å². The molecule has 1 atom stereocenters. The number of rotatable bonds is 6. The van der Waals surface area contributed by atoms with Gasteiger partial charge in [0, 0.05) is 18.1 Å². The molecule has 0 saturated heterocycles. The number of halogens is 1. The first kappa shape index (κ1) is 14.9. The van der Waals surface area contributed by atoms with E-state index in [1.165, 1.54) is 0 Å². The Balaban J connectivity index is 2.11. The Hall–Kier alpha value is -1.48. The maximum Gasteiger partial charge on any atom is 0.242 e. The van der Waals surface area contributed by atoms with Crippen molar-refractivity contribution in [3.8, 4) is 0 Å². The van der Waals surface area contributed by atoms with Crippen molar-refractivity contribution >= 4 is 28.4 Å². The first-order chi connectivity index (χ1) is 9.65. The number of aromatic nitrogens is 1. The zero-order chi connectivity index (χ0) is 14.5. The van der Waals surface area contributed by atoms with E-state index >= 15 is 0 Å². The number of nitrogens with one attached hydrogen (secondary N) is 1. The van der Waals surface area contributed by atoms with E-state index in [2.05, 4.69) is 12.2 Å². The van der Waals surface area contributed by atoms with Crippen molar-refractivity contribution in [2.45, 2.75) is 39.2 Å². The highest BCUT2D eigenvalue weighted by Gasteiger charge is 2.17. The summed E-state index contributed by atoms with van der Waals surface area (Å²) in [7, 11) is 0. The van der Waals surface area contributed by atoms with Crippen LogP contribution in [0.25, 0.3) is 10.9 Å². The smallest absolute Gasteiger partial charge is 0.242 e. The predicted octanol–water partition coefficient (Wildman–Crippen LogP) is 4.16. The van der Waals surface area contributed by atoms with Gasteiger partial charge in [-0.15, -0.1) is 0 Å². The van der Waals surface area contributed by atoms with Crippen molar-refractivity contribution in [2.24, 2.45) is 0 Å². The van der Waals surface area contributed by atoms with Crippen molar-refractivity contribution in [3.63, 3.8) is 0 Å². The lowest BCUT2D eigenvalue weighted by molar-refractivity contribution is -0.123. The monoisotopic (exact) mass is 292 g/mol. The van der Waals surface area contributed by atoms with Gasteiger partial charge in [-0.2, -0.15) is 0 Å². The molecule has 1 aromatic heterocycles. The fourth-order valence-electron chi connectivity index (χ4n) is 2.36. The van der Waals surface area contributed by atoms with Gasteiger partial charge in [0.1, 0.15) is 6.04 Å². The molecule has 1 aromatic carbocycles. The standard InChI is InChI=1S/C16H21ClN2O/c1-3-4-5-10-18-16(20)12(2)19-11-9-13-7-6-8-14(17)15(13)19/h6-9,11-12H,3-5,10H2,1-2H3,(H,18,20). The molecule has 0 aliphatic rings. The Morgan fingerprint density at radius 2 is 2.15 bits per heavy atom. The van der Waals surface area contributed by atoms with Crippen LogP contribution in [-0.4, -0.2) is 17.0 Å². The molecule has 20 heavy (non-hydrogen) atoms. The van der Waals surface area contributed by atoms with Gasteiger partial charge in [0.05, 0.1) is 10.5 Å². The number of para-hydroxylation sites is 1. The second kappa shape index (κ2) is 6.80. The average molecular weight is 293 g/mol. The van der Waals surface area contributed by atoms with Gasteiger partial charge in [0.15, 0.2) is 0 Å². The van der Waals surface area contributed by atoms with Crippen LogP contribution in [0.15, 0.2) is 30.5 Å². The van der Waals surface area contributed by atoms with Crippen LogP contribution in [0.2, 0.25) is 5.02 Å². The molecule has 2 rings (SSSR count). The lowest BCUT2D eigenvalue weighted by atomic mass is 10.2. The van der Waals surface area contributed by atoms with E-state index in [9.17, 15) is 4.79 Å². The molecule has 0 aliphatic heterocycles. The van der Waals surface area contributed by atoms with E-state index in [1.54, 1.807) is 0 Å². The molecule has 0 spiro atoms. The van der Waals surface area contributed by atoms with Gasteiger partial charge in [0.2, 0.25) is 5.91 Å². The average Bonchev–Trinajstić information content (AvgIpc) is 2.88. The summed E-state index contributed by atoms with van der Waals surface area (Å²) < 4.78 is 1.94. The molecule has 0 bridgehead atoms. The lowest BCUT2D eigenvalue weighted by Crippen LogP contribution is -2.31. The number of hydrogen-bond acceptors (Lipinski definition) is 1. The van der Waals surface area contributed by atoms with Crippen molar-refractivity contribution in [2.75, 3.05) is 6.54 Å². The normalized spacial score (nSPS) is 12.6. The Morgan fingerprint density at radius 3 is 2.90 bits per heavy atom. The highest BCUT2D eigenvalue weighted by Crippen LogP contribution is 2.27. The molecule has 4 heteroatoms. The first-order valence-corrected chi connectivity index (χ1v) is 7.55. The van der Waals surface area contributed by atoms with E-state index in [1.807, 2.05) is 42.0 Å². The number of nitrogens with zero attached hydrogens (tertiary/aromatic N) is 1. The van der Waals surface area contributed by atoms with Crippen LogP contribution in [0.3, 0.4) is 0 Å². The summed E-state index contributed by atoms with van der Waals surface area (Å²) in [6, 6.07) is 7.51. The van der Waals surface area contributed by atoms with Crippen LogP contribution in [0, 0.1) is 0 Å². The van der Waals surface area contributed by atoms with E-state index in [0.717, 1.165) is 36.7 Å². The van der Waals surface area contributed by atoms with Crippen LogP contribution >= 0.6 is 11.6 Å². The molecular formula is C16H21ClN2O. The molecule has 1 amide bonds. The summed E-state index contributed by atoms with van der Waals surface area (Å²) >= 11 is 6.25. The molecule has 2 aromatic rings. The predicted molar refractivity (Wildman–Crippen MR) is 84.2 cm³/mol. The summed E-state index contributed by atoms with van der Waals surface area (Å²) in [5.41, 5.74) is 0.922. The van der Waals surface area contributed by atoms with Crippen molar-refractivity contribution in [1.29, 1.82) is 0 Å². The molecule has 0 fully saturated rings. The number of carbonyl (C=O) groups is 1. The quantitative estimate of drug-likeness (QED) is 0.797. The van der Waals surface area contributed by atoms with Crippen LogP contribution in [0.1, 0.15) is 39.2 Å². The minimum Gasteiger partial charge on any atom is -0.354 e. The van der Waals surface area contributed by atoms with Crippen LogP contribution in [-0.2, 0) is 4.79 Å². The number of amides is 1. The molecule has 1 heterocycles. The summed E-state index contributed by atoms with van der Waals surface area (Å²) in [5.74, 6) is 0.0403. The van der Waals surface area contributed by atoms with Gasteiger partial charge in [-0.05, 0) is 25.5 Å². The number of fused-ring (bicyclic) bond motifs is 1. The summed E-state index contributed by atoms with van der Waals surface area (Å²) in [5, 5.41) is 4.72. The van der Waals surface area contributed by atoms with Crippen molar-refractivity contribution < 1.29 is 4.79 Å². The SMILES string of the molecule is CCCCCNC(=O)C(C)n1ccc2cccc(Cl)c21. The third kappa shape index (κ3) is 3.15. The Bertz CT molecular complexity index is 591. The zero-order valence-corrected chi connectivity index (χ0v) is 12.8. The second-order valence-corrected chi connectivity index (χ2v) is 5.48. The number of carbonyl (C=O) groups excluding carboxylic acids is 1. The fourth-order valence-corrected chi connectivity index (χ4v) is 2.64. The second-order valence-electron chi connectivity index (χ2n) is 5.07. The fraction of sp³-hybridized carbons (Fsp3) is 0.438. The van der Waals surface area contributed by atoms with Crippen molar-refractivity contribution in [3.05, 3.63) is 35.5 Å². The first-order valence-electron chi connectivity index (χ1n) is 7.18. The van der Waals surface area contributed by atoms with Crippen molar-refractivity contribution in [1.82, 2.24) is 9.88 Å². The molecule has 1 unspecified atom stereocenters. The van der Waals surface area contributed by atoms with E-state index in [-0.39, 0.29) is 11.9 Å². The van der Waals surface area contributed by atoms with Gasteiger partial charge in [0.25, 0.3) is 0 Å². The van der Waals surface area contributed by atoms with Crippen LogP contribution in [0.5, 0.6) is 0 Å². The third-order valence-corrected chi connectivity index (χ3v) is 3.87. The highest BCUT2D eigenvalue weighted by atomic mass is 35.5. The molecule has 108 valence electrons. The van der Waals surface area contributed by atoms with Gasteiger partial charge in [-0.25, -0.2) is 0 Å². The number of unbranched alkanes of at least 4 members (excludes halogenated alkanes) is 2. The largest absolute Gasteiger partial charge is 0.354 e. The van der Waals surface area contributed by atoms with E-state index in [4.69, 9.17) is 11.6 Å². The lowest BCUT2D eigenvalue weighted by Gasteiger charge is -2.16. The zero-order valence-electron chi connectivity index (χ0n) is 12.0. The molecule has 0 aliphatic carbocycles. The van der Waals surface area contributed by atoms with Crippen LogP contribution in [0.4, 0.5) is 0 Å². The molecule has 0 radical (unpaired) electrons.